The second kappa shape index (κ2) is 13.5. The zero-order valence-corrected chi connectivity index (χ0v) is 25.0. The number of nitrogens with one attached hydrogen (secondary N) is 1. The Morgan fingerprint density at radius 1 is 0.975 bits per heavy atom. The fourth-order valence-corrected chi connectivity index (χ4v) is 5.76. The fourth-order valence-electron chi connectivity index (χ4n) is 3.87. The molecule has 0 unspecified atom stereocenters. The minimum Gasteiger partial charge on any atom is -0.354 e. The molecule has 0 spiro atoms. The number of sulfonamides is 1. The van der Waals surface area contributed by atoms with Gasteiger partial charge in [0.2, 0.25) is 11.8 Å². The van der Waals surface area contributed by atoms with Gasteiger partial charge in [-0.1, -0.05) is 72.9 Å². The third kappa shape index (κ3) is 7.74. The highest BCUT2D eigenvalue weighted by Crippen LogP contribution is 2.28. The molecule has 0 saturated heterocycles. The Morgan fingerprint density at radius 2 is 1.62 bits per heavy atom. The van der Waals surface area contributed by atoms with E-state index in [0.29, 0.717) is 17.1 Å². The molecule has 3 rings (SSSR count). The van der Waals surface area contributed by atoms with E-state index in [-0.39, 0.29) is 28.1 Å². The van der Waals surface area contributed by atoms with Gasteiger partial charge in [-0.25, -0.2) is 12.8 Å². The summed E-state index contributed by atoms with van der Waals surface area (Å²) in [5.74, 6) is -1.80. The molecule has 7 nitrogen and oxygen atoms in total. The Labute approximate surface area is 244 Å². The summed E-state index contributed by atoms with van der Waals surface area (Å²) in [4.78, 5) is 28.0. The Bertz CT molecular complexity index is 1470. The number of hydrogen-bond acceptors (Lipinski definition) is 4. The molecule has 0 fully saturated rings. The highest BCUT2D eigenvalue weighted by atomic mass is 35.5. The molecule has 0 aliphatic carbocycles. The fraction of sp³-hybridized carbons (Fsp3) is 0.310. The summed E-state index contributed by atoms with van der Waals surface area (Å²) in [6.45, 7) is 6.73. The van der Waals surface area contributed by atoms with Gasteiger partial charge in [0, 0.05) is 23.1 Å². The van der Waals surface area contributed by atoms with Crippen LogP contribution in [0.25, 0.3) is 0 Å². The minimum absolute atomic E-state index is 0.107. The largest absolute Gasteiger partial charge is 0.354 e. The van der Waals surface area contributed by atoms with Crippen LogP contribution in [0, 0.1) is 18.7 Å². The van der Waals surface area contributed by atoms with E-state index in [1.165, 1.54) is 41.3 Å². The summed E-state index contributed by atoms with van der Waals surface area (Å²) in [6.07, 6.45) is 0. The molecule has 0 bridgehead atoms. The van der Waals surface area contributed by atoms with E-state index >= 15 is 0 Å². The highest BCUT2D eigenvalue weighted by molar-refractivity contribution is 7.92. The molecule has 40 heavy (non-hydrogen) atoms. The van der Waals surface area contributed by atoms with Crippen LogP contribution in [-0.2, 0) is 26.2 Å². The van der Waals surface area contributed by atoms with Crippen LogP contribution in [0.1, 0.15) is 31.9 Å². The quantitative estimate of drug-likeness (QED) is 0.297. The molecule has 2 amide bonds. The van der Waals surface area contributed by atoms with Crippen LogP contribution >= 0.6 is 23.2 Å². The van der Waals surface area contributed by atoms with Gasteiger partial charge in [-0.3, -0.25) is 13.9 Å². The molecule has 0 aliphatic rings. The normalized spacial score (nSPS) is 12.2. The second-order valence-electron chi connectivity index (χ2n) is 9.85. The van der Waals surface area contributed by atoms with Crippen molar-refractivity contribution in [3.8, 4) is 0 Å². The summed E-state index contributed by atoms with van der Waals surface area (Å²) in [5.41, 5.74) is 1.04. The Balaban J connectivity index is 2.05. The van der Waals surface area contributed by atoms with Crippen LogP contribution in [0.5, 0.6) is 0 Å². The summed E-state index contributed by atoms with van der Waals surface area (Å²) >= 11 is 12.4. The molecular formula is C29H32Cl2FN3O4S. The van der Waals surface area contributed by atoms with Gasteiger partial charge in [-0.05, 0) is 61.7 Å². The number of halogens is 3. The maximum atomic E-state index is 15.0. The smallest absolute Gasteiger partial charge is 0.264 e. The predicted octanol–water partition coefficient (Wildman–Crippen LogP) is 5.83. The molecule has 11 heteroatoms. The Hall–Kier alpha value is -3.14. The molecule has 0 aliphatic heterocycles. The van der Waals surface area contributed by atoms with E-state index in [4.69, 9.17) is 23.2 Å². The van der Waals surface area contributed by atoms with Gasteiger partial charge in [-0.15, -0.1) is 0 Å². The van der Waals surface area contributed by atoms with Gasteiger partial charge in [0.1, 0.15) is 18.4 Å². The van der Waals surface area contributed by atoms with E-state index in [2.05, 4.69) is 5.32 Å². The van der Waals surface area contributed by atoms with Crippen molar-refractivity contribution >= 4 is 50.7 Å². The third-order valence-electron chi connectivity index (χ3n) is 6.22. The minimum atomic E-state index is -4.37. The number of hydrogen-bond donors (Lipinski definition) is 1. The van der Waals surface area contributed by atoms with E-state index in [9.17, 15) is 22.4 Å². The van der Waals surface area contributed by atoms with Gasteiger partial charge in [-0.2, -0.15) is 0 Å². The molecule has 0 saturated carbocycles. The van der Waals surface area contributed by atoms with Crippen molar-refractivity contribution in [2.45, 2.75) is 45.2 Å². The van der Waals surface area contributed by atoms with Crippen LogP contribution in [0.15, 0.2) is 71.6 Å². The summed E-state index contributed by atoms with van der Waals surface area (Å²) in [7, 11) is -4.37. The molecule has 0 heterocycles. The number of para-hydroxylation sites is 1. The molecule has 0 radical (unpaired) electrons. The monoisotopic (exact) mass is 607 g/mol. The van der Waals surface area contributed by atoms with Crippen molar-refractivity contribution < 1.29 is 22.4 Å². The van der Waals surface area contributed by atoms with E-state index < -0.39 is 40.2 Å². The van der Waals surface area contributed by atoms with Gasteiger partial charge >= 0.3 is 0 Å². The van der Waals surface area contributed by atoms with Gasteiger partial charge in [0.05, 0.1) is 10.6 Å². The first-order valence-corrected chi connectivity index (χ1v) is 14.9. The first-order chi connectivity index (χ1) is 18.8. The zero-order chi connectivity index (χ0) is 29.6. The number of aryl methyl sites for hydroxylation is 1. The molecular weight excluding hydrogens is 576 g/mol. The molecule has 1 atom stereocenters. The SMILES string of the molecule is Cc1ccc(S(=O)(=O)N(CC(=O)N(Cc2ccc(Cl)cc2Cl)[C@H](C)C(=O)NCC(C)C)c2ccccc2F)cc1. The predicted molar refractivity (Wildman–Crippen MR) is 156 cm³/mol. The molecule has 214 valence electrons. The first kappa shape index (κ1) is 31.4. The van der Waals surface area contributed by atoms with Crippen LogP contribution < -0.4 is 9.62 Å². The molecule has 3 aromatic rings. The topological polar surface area (TPSA) is 86.8 Å². The number of amides is 2. The number of carbonyl (C=O) groups is 2. The standard InChI is InChI=1S/C29H32Cl2FN3O4S/c1-19(2)16-33-29(37)21(4)34(17-22-11-12-23(30)15-25(22)31)28(36)18-35(27-8-6-5-7-26(27)32)40(38,39)24-13-9-20(3)10-14-24/h5-15,19,21H,16-18H2,1-4H3,(H,33,37)/t21-/m1/s1. The second-order valence-corrected chi connectivity index (χ2v) is 12.6. The molecule has 0 aromatic heterocycles. The number of rotatable bonds is 11. The summed E-state index contributed by atoms with van der Waals surface area (Å²) in [5, 5.41) is 3.47. The molecule has 1 N–H and O–H groups in total. The van der Waals surface area contributed by atoms with E-state index in [0.717, 1.165) is 15.9 Å². The van der Waals surface area contributed by atoms with Crippen LogP contribution in [0.3, 0.4) is 0 Å². The van der Waals surface area contributed by atoms with Crippen molar-refractivity contribution in [3.63, 3.8) is 0 Å². The maximum absolute atomic E-state index is 15.0. The Morgan fingerprint density at radius 3 is 2.23 bits per heavy atom. The summed E-state index contributed by atoms with van der Waals surface area (Å²) in [6, 6.07) is 15.1. The molecule has 3 aromatic carbocycles. The lowest BCUT2D eigenvalue weighted by atomic mass is 10.1. The van der Waals surface area contributed by atoms with Crippen molar-refractivity contribution in [1.29, 1.82) is 0 Å². The van der Waals surface area contributed by atoms with Gasteiger partial charge < -0.3 is 10.2 Å². The van der Waals surface area contributed by atoms with Crippen LogP contribution in [0.2, 0.25) is 10.0 Å². The van der Waals surface area contributed by atoms with E-state index in [1.807, 2.05) is 13.8 Å². The Kier molecular flexibility index (Phi) is 10.6. The van der Waals surface area contributed by atoms with Crippen LogP contribution in [0.4, 0.5) is 10.1 Å². The van der Waals surface area contributed by atoms with Gasteiger partial charge in [0.25, 0.3) is 10.0 Å². The first-order valence-electron chi connectivity index (χ1n) is 12.7. The van der Waals surface area contributed by atoms with Crippen molar-refractivity contribution in [1.82, 2.24) is 10.2 Å². The lowest BCUT2D eigenvalue weighted by Gasteiger charge is -2.32. The average Bonchev–Trinajstić information content (AvgIpc) is 2.90. The van der Waals surface area contributed by atoms with E-state index in [1.54, 1.807) is 38.1 Å². The maximum Gasteiger partial charge on any atom is 0.264 e. The zero-order valence-electron chi connectivity index (χ0n) is 22.7. The lowest BCUT2D eigenvalue weighted by molar-refractivity contribution is -0.139. The highest BCUT2D eigenvalue weighted by Gasteiger charge is 2.33. The number of anilines is 1. The summed E-state index contributed by atoms with van der Waals surface area (Å²) < 4.78 is 43.2. The number of nitrogens with zero attached hydrogens (tertiary/aromatic N) is 2. The van der Waals surface area contributed by atoms with Gasteiger partial charge in [0.15, 0.2) is 0 Å². The van der Waals surface area contributed by atoms with Crippen molar-refractivity contribution in [2.75, 3.05) is 17.4 Å². The lowest BCUT2D eigenvalue weighted by Crippen LogP contribution is -2.51. The average molecular weight is 609 g/mol. The van der Waals surface area contributed by atoms with Crippen molar-refractivity contribution in [3.05, 3.63) is 93.7 Å². The van der Waals surface area contributed by atoms with Crippen molar-refractivity contribution in [2.24, 2.45) is 5.92 Å². The number of carbonyl (C=O) groups excluding carboxylic acids is 2. The number of benzene rings is 3. The third-order valence-corrected chi connectivity index (χ3v) is 8.58. The van der Waals surface area contributed by atoms with Crippen LogP contribution in [-0.4, -0.2) is 44.3 Å².